The lowest BCUT2D eigenvalue weighted by atomic mass is 10.0. The highest BCUT2D eigenvalue weighted by molar-refractivity contribution is 7.26. The molecule has 11 aromatic heterocycles. The van der Waals surface area contributed by atoms with Crippen molar-refractivity contribution >= 4 is 151 Å². The second-order valence-corrected chi connectivity index (χ2v) is 38.3. The van der Waals surface area contributed by atoms with E-state index in [2.05, 4.69) is 297 Å². The molecule has 0 aliphatic rings. The topological polar surface area (TPSA) is 238 Å². The molecule has 21 heteroatoms. The van der Waals surface area contributed by atoms with Gasteiger partial charge in [-0.05, 0) is 148 Å². The van der Waals surface area contributed by atoms with Crippen LogP contribution in [0.5, 0.6) is 0 Å². The molecule has 0 aliphatic carbocycles. The normalized spacial score (nSPS) is 11.4. The van der Waals surface area contributed by atoms with Crippen molar-refractivity contribution in [2.45, 2.75) is 34.6 Å². The molecule has 708 valence electrons. The summed E-state index contributed by atoms with van der Waals surface area (Å²) in [5.41, 5.74) is 20.6. The van der Waals surface area contributed by atoms with Gasteiger partial charge in [0.25, 0.3) is 0 Å². The summed E-state index contributed by atoms with van der Waals surface area (Å²) in [5.74, 6) is 10.2. The Bertz CT molecular complexity index is 9710. The molecule has 0 radical (unpaired) electrons. The van der Waals surface area contributed by atoms with Crippen LogP contribution >= 0.6 is 22.7 Å². The van der Waals surface area contributed by atoms with Crippen LogP contribution in [0.15, 0.2) is 444 Å². The number of furan rings is 3. The molecule has 0 amide bonds. The lowest BCUT2D eigenvalue weighted by molar-refractivity contribution is 0.668. The quantitative estimate of drug-likeness (QED) is 0.110. The van der Waals surface area contributed by atoms with E-state index in [1.54, 1.807) is 22.7 Å². The number of rotatable bonds is 12. The number of thiophene rings is 2. The van der Waals surface area contributed by atoms with Gasteiger partial charge in [-0.2, -0.15) is 9.97 Å². The van der Waals surface area contributed by atoms with Crippen LogP contribution in [-0.4, -0.2) is 79.3 Å². The first kappa shape index (κ1) is 90.9. The Morgan fingerprint density at radius 2 is 0.369 bits per heavy atom. The van der Waals surface area contributed by atoms with E-state index in [1.807, 2.05) is 223 Å². The van der Waals surface area contributed by atoms with Crippen molar-refractivity contribution in [2.75, 3.05) is 0 Å². The number of benzene rings is 18. The molecule has 0 aliphatic heterocycles. The van der Waals surface area contributed by atoms with Crippen LogP contribution in [-0.2, 0) is 0 Å². The fourth-order valence-corrected chi connectivity index (χ4v) is 21.5. The first-order chi connectivity index (χ1) is 73.3. The maximum Gasteiger partial charge on any atom is 0.238 e. The highest BCUT2D eigenvalue weighted by atomic mass is 32.1. The summed E-state index contributed by atoms with van der Waals surface area (Å²) in [4.78, 5) is 69.8. The van der Waals surface area contributed by atoms with Crippen LogP contribution in [0, 0.1) is 34.6 Å². The minimum absolute atomic E-state index is 0.615. The number of hydrogen-bond donors (Lipinski definition) is 0. The standard InChI is InChI=1S/C28H17N3O2.C28H19N3O.C28H19N3S.C22H16N4.C22H15N3S/c1-16-29-27(17-10-12-21-19-6-2-4-8-23(19)32-25(21)14-17)31-28(30-16)18-11-13-22-20-7-3-5-9-24(20)33-26(22)15-18;2*1-18-29-27(21-13-11-20(12-14-21)19-7-3-2-4-8-19)31-28(30-18)22-15-16-24-23-9-5-6-10-25(23)32-26(24)17-22;1-15-23-21(16-9-3-2-4-10-16)25-22(24-15)26-19-13-7-5-11-17(19)18-12-6-8-14-20(18)26;1-14-23-21(15-7-3-2-4-8-15)25-22(24-14)16-11-12-18-17-9-5-6-10-19(17)26-20(18)13-16/h2-15H,1H3;2*2-17H,1H3;2-14H,1H3;2-13H,1H3. The van der Waals surface area contributed by atoms with Gasteiger partial charge in [0, 0.05) is 134 Å². The summed E-state index contributed by atoms with van der Waals surface area (Å²) in [6.45, 7) is 9.52. The second kappa shape index (κ2) is 39.4. The molecular weight excluding hydrogens is 1870 g/mol. The fraction of sp³-hybridized carbons (Fsp3) is 0.0391. The van der Waals surface area contributed by atoms with Gasteiger partial charge in [-0.3, -0.25) is 4.57 Å². The van der Waals surface area contributed by atoms with E-state index >= 15 is 0 Å². The minimum Gasteiger partial charge on any atom is -0.456 e. The first-order valence-corrected chi connectivity index (χ1v) is 50.6. The van der Waals surface area contributed by atoms with E-state index in [1.165, 1.54) is 67.8 Å². The molecule has 0 fully saturated rings. The lowest BCUT2D eigenvalue weighted by Gasteiger charge is -2.08. The summed E-state index contributed by atoms with van der Waals surface area (Å²) in [5, 5.41) is 14.1. The first-order valence-electron chi connectivity index (χ1n) is 48.9. The SMILES string of the molecule is Cc1nc(-c2ccc(-c3ccccc3)cc2)nc(-c2ccc3c(c2)oc2ccccc23)n1.Cc1nc(-c2ccc(-c3ccccc3)cc2)nc(-c2ccc3c(c2)sc2ccccc23)n1.Cc1nc(-c2ccc3c(c2)oc2ccccc23)nc(-c2ccc3c(c2)oc2ccccc23)n1.Cc1nc(-c2ccccc2)nc(-c2ccc3c(c2)sc2ccccc23)n1.Cc1nc(-c2ccccc2)nc(-n2c3ccccc3c3ccccc32)n1. The number of aromatic nitrogens is 16. The second-order valence-electron chi connectivity index (χ2n) is 36.2. The van der Waals surface area contributed by atoms with E-state index in [0.717, 1.165) is 144 Å². The van der Waals surface area contributed by atoms with Crippen molar-refractivity contribution in [3.05, 3.63) is 460 Å². The predicted octanol–water partition coefficient (Wildman–Crippen LogP) is 32.8. The van der Waals surface area contributed by atoms with Gasteiger partial charge in [0.05, 0.1) is 11.0 Å². The number of nitrogens with zero attached hydrogens (tertiary/aromatic N) is 16. The van der Waals surface area contributed by atoms with Crippen LogP contribution < -0.4 is 0 Å². The van der Waals surface area contributed by atoms with Gasteiger partial charge in [0.1, 0.15) is 62.6 Å². The summed E-state index contributed by atoms with van der Waals surface area (Å²) in [6.07, 6.45) is 0. The maximum atomic E-state index is 6.05. The molecule has 29 aromatic rings. The number of hydrogen-bond acceptors (Lipinski definition) is 20. The van der Waals surface area contributed by atoms with Gasteiger partial charge in [0.15, 0.2) is 52.4 Å². The Hall–Kier alpha value is -19.4. The number of fused-ring (bicyclic) bond motifs is 18. The number of para-hydroxylation sites is 5. The fourth-order valence-electron chi connectivity index (χ4n) is 19.2. The average Bonchev–Trinajstić information content (AvgIpc) is 1.58. The smallest absolute Gasteiger partial charge is 0.238 e. The Balaban J connectivity index is 0.0000000969. The van der Waals surface area contributed by atoms with Gasteiger partial charge in [0.2, 0.25) is 5.95 Å². The molecule has 0 atom stereocenters. The van der Waals surface area contributed by atoms with Crippen LogP contribution in [0.25, 0.3) is 259 Å². The van der Waals surface area contributed by atoms with E-state index in [-0.39, 0.29) is 0 Å². The van der Waals surface area contributed by atoms with Crippen molar-refractivity contribution in [1.29, 1.82) is 0 Å². The van der Waals surface area contributed by atoms with Crippen LogP contribution in [0.2, 0.25) is 0 Å². The van der Waals surface area contributed by atoms with E-state index in [4.69, 9.17) is 38.2 Å². The van der Waals surface area contributed by atoms with Crippen molar-refractivity contribution in [1.82, 2.24) is 79.3 Å². The summed E-state index contributed by atoms with van der Waals surface area (Å²) in [7, 11) is 0. The zero-order valence-corrected chi connectivity index (χ0v) is 82.8. The number of aryl methyl sites for hydroxylation is 5. The Morgan fingerprint density at radius 1 is 0.154 bits per heavy atom. The Kier molecular flexibility index (Phi) is 24.0. The molecule has 0 bridgehead atoms. The Morgan fingerprint density at radius 3 is 0.705 bits per heavy atom. The molecular formula is C128H86N16O3S2. The predicted molar refractivity (Wildman–Crippen MR) is 605 cm³/mol. The molecule has 0 N–H and O–H groups in total. The molecule has 0 saturated heterocycles. The third-order valence-corrected chi connectivity index (χ3v) is 28.5. The summed E-state index contributed by atoms with van der Waals surface area (Å²) in [6, 6.07) is 147. The largest absolute Gasteiger partial charge is 0.456 e. The van der Waals surface area contributed by atoms with Crippen LogP contribution in [0.1, 0.15) is 29.1 Å². The zero-order valence-electron chi connectivity index (χ0n) is 81.2. The highest BCUT2D eigenvalue weighted by Gasteiger charge is 2.22. The van der Waals surface area contributed by atoms with Crippen molar-refractivity contribution < 1.29 is 13.3 Å². The molecule has 149 heavy (non-hydrogen) atoms. The molecule has 0 unspecified atom stereocenters. The van der Waals surface area contributed by atoms with Crippen molar-refractivity contribution in [2.24, 2.45) is 0 Å². The molecule has 0 saturated carbocycles. The Labute approximate surface area is 862 Å². The van der Waals surface area contributed by atoms with Crippen molar-refractivity contribution in [3.8, 4) is 131 Å². The third kappa shape index (κ3) is 18.4. The van der Waals surface area contributed by atoms with Gasteiger partial charge < -0.3 is 13.3 Å². The van der Waals surface area contributed by atoms with Gasteiger partial charge in [-0.1, -0.05) is 340 Å². The van der Waals surface area contributed by atoms with Gasteiger partial charge in [-0.15, -0.1) is 22.7 Å². The van der Waals surface area contributed by atoms with E-state index in [9.17, 15) is 0 Å². The lowest BCUT2D eigenvalue weighted by Crippen LogP contribution is -2.06. The molecule has 0 spiro atoms. The van der Waals surface area contributed by atoms with Crippen LogP contribution in [0.4, 0.5) is 0 Å². The third-order valence-electron chi connectivity index (χ3n) is 26.3. The molecule has 11 heterocycles. The molecule has 19 nitrogen and oxygen atoms in total. The summed E-state index contributed by atoms with van der Waals surface area (Å²) < 4.78 is 25.4. The van der Waals surface area contributed by atoms with Crippen molar-refractivity contribution in [3.63, 3.8) is 0 Å². The van der Waals surface area contributed by atoms with Gasteiger partial charge in [-0.25, -0.2) is 64.8 Å². The van der Waals surface area contributed by atoms with Crippen LogP contribution in [0.3, 0.4) is 0 Å². The highest BCUT2D eigenvalue weighted by Crippen LogP contribution is 2.42. The van der Waals surface area contributed by atoms with E-state index in [0.29, 0.717) is 75.8 Å². The molecule has 18 aromatic carbocycles. The monoisotopic (exact) mass is 1960 g/mol. The minimum atomic E-state index is 0.615. The zero-order chi connectivity index (χ0) is 99.9. The summed E-state index contributed by atoms with van der Waals surface area (Å²) >= 11 is 3.61. The average molecular weight is 1960 g/mol. The maximum absolute atomic E-state index is 6.05. The van der Waals surface area contributed by atoms with Gasteiger partial charge >= 0.3 is 0 Å². The molecule has 29 rings (SSSR count). The van der Waals surface area contributed by atoms with E-state index < -0.39 is 0 Å².